The fourth-order valence-corrected chi connectivity index (χ4v) is 3.30. The van der Waals surface area contributed by atoms with Crippen LogP contribution in [0.3, 0.4) is 0 Å². The summed E-state index contributed by atoms with van der Waals surface area (Å²) in [6.45, 7) is 8.94. The molecule has 0 aliphatic carbocycles. The van der Waals surface area contributed by atoms with Crippen LogP contribution in [0.5, 0.6) is 0 Å². The second-order valence-electron chi connectivity index (χ2n) is 8.05. The van der Waals surface area contributed by atoms with E-state index in [1.807, 2.05) is 27.7 Å². The van der Waals surface area contributed by atoms with Crippen molar-refractivity contribution in [2.24, 2.45) is 0 Å². The molecule has 142 valence electrons. The number of hydrogen-bond donors (Lipinski definition) is 0. The van der Waals surface area contributed by atoms with Crippen molar-refractivity contribution in [3.63, 3.8) is 0 Å². The Hall–Kier alpha value is -1.44. The van der Waals surface area contributed by atoms with Crippen LogP contribution in [0.4, 0.5) is 4.39 Å². The number of carbonyl (C=O) groups is 1. The maximum absolute atomic E-state index is 14.4. The number of hydrogen-bond acceptors (Lipinski definition) is 4. The molecule has 3 rings (SSSR count). The fraction of sp³-hybridized carbons (Fsp3) is 0.632. The van der Waals surface area contributed by atoms with E-state index in [4.69, 9.17) is 14.0 Å². The van der Waals surface area contributed by atoms with Gasteiger partial charge in [-0.15, -0.1) is 0 Å². The van der Waals surface area contributed by atoms with Gasteiger partial charge in [-0.2, -0.15) is 0 Å². The molecule has 0 N–H and O–H groups in total. The molecule has 2 saturated heterocycles. The van der Waals surface area contributed by atoms with E-state index in [-0.39, 0.29) is 17.5 Å². The number of piperidine rings is 1. The van der Waals surface area contributed by atoms with Crippen molar-refractivity contribution in [2.75, 3.05) is 20.2 Å². The molecular weight excluding hydrogens is 336 g/mol. The van der Waals surface area contributed by atoms with Gasteiger partial charge in [-0.05, 0) is 58.7 Å². The summed E-state index contributed by atoms with van der Waals surface area (Å²) < 4.78 is 31.6. The standard InChI is InChI=1S/C19H27BFNO4/c1-18(2)19(3,4)26-20(25-18)15-12-13(6-7-16(15)21)17(23)22-10-8-14(24-5)9-11-22/h6-7,12,14H,8-11H2,1-5H3. The molecule has 1 amide bonds. The zero-order valence-electron chi connectivity index (χ0n) is 16.2. The lowest BCUT2D eigenvalue weighted by Crippen LogP contribution is -2.42. The van der Waals surface area contributed by atoms with Crippen LogP contribution >= 0.6 is 0 Å². The third-order valence-electron chi connectivity index (χ3n) is 5.81. The van der Waals surface area contributed by atoms with E-state index in [9.17, 15) is 9.18 Å². The van der Waals surface area contributed by atoms with Gasteiger partial charge in [-0.3, -0.25) is 4.79 Å². The molecule has 0 radical (unpaired) electrons. The second-order valence-corrected chi connectivity index (χ2v) is 8.05. The van der Waals surface area contributed by atoms with Gasteiger partial charge in [0.1, 0.15) is 5.82 Å². The number of nitrogens with zero attached hydrogens (tertiary/aromatic N) is 1. The van der Waals surface area contributed by atoms with Crippen LogP contribution in [-0.4, -0.2) is 55.4 Å². The molecule has 26 heavy (non-hydrogen) atoms. The number of benzene rings is 1. The fourth-order valence-electron chi connectivity index (χ4n) is 3.30. The maximum atomic E-state index is 14.4. The summed E-state index contributed by atoms with van der Waals surface area (Å²) in [5, 5.41) is 0. The van der Waals surface area contributed by atoms with E-state index in [0.29, 0.717) is 18.7 Å². The van der Waals surface area contributed by atoms with Gasteiger partial charge in [0, 0.05) is 31.2 Å². The number of likely N-dealkylation sites (tertiary alicyclic amines) is 1. The monoisotopic (exact) mass is 363 g/mol. The van der Waals surface area contributed by atoms with Crippen LogP contribution in [0, 0.1) is 5.82 Å². The lowest BCUT2D eigenvalue weighted by molar-refractivity contribution is 0.00578. The van der Waals surface area contributed by atoms with Crippen molar-refractivity contribution in [1.82, 2.24) is 4.90 Å². The van der Waals surface area contributed by atoms with Crippen molar-refractivity contribution in [1.29, 1.82) is 0 Å². The lowest BCUT2D eigenvalue weighted by Gasteiger charge is -2.32. The Labute approximate surface area is 154 Å². The first kappa shape index (κ1) is 19.3. The predicted molar refractivity (Wildman–Crippen MR) is 98.1 cm³/mol. The van der Waals surface area contributed by atoms with E-state index in [0.717, 1.165) is 12.8 Å². The molecule has 2 fully saturated rings. The van der Waals surface area contributed by atoms with Gasteiger partial charge >= 0.3 is 7.12 Å². The molecule has 0 bridgehead atoms. The number of methoxy groups -OCH3 is 1. The third kappa shape index (κ3) is 3.52. The van der Waals surface area contributed by atoms with E-state index >= 15 is 0 Å². The van der Waals surface area contributed by atoms with Gasteiger partial charge in [-0.25, -0.2) is 4.39 Å². The topological polar surface area (TPSA) is 48.0 Å². The summed E-state index contributed by atoms with van der Waals surface area (Å²) in [6.07, 6.45) is 1.83. The Balaban J connectivity index is 1.79. The van der Waals surface area contributed by atoms with Gasteiger partial charge in [0.15, 0.2) is 0 Å². The van der Waals surface area contributed by atoms with Crippen LogP contribution in [0.25, 0.3) is 0 Å². The Morgan fingerprint density at radius 2 is 1.77 bits per heavy atom. The Bertz CT molecular complexity index is 670. The molecule has 0 unspecified atom stereocenters. The SMILES string of the molecule is COC1CCN(C(=O)c2ccc(F)c(B3OC(C)(C)C(C)(C)O3)c2)CC1. The quantitative estimate of drug-likeness (QED) is 0.774. The van der Waals surface area contributed by atoms with Crippen molar-refractivity contribution in [2.45, 2.75) is 57.8 Å². The minimum Gasteiger partial charge on any atom is -0.399 e. The first-order valence-corrected chi connectivity index (χ1v) is 9.12. The Kier molecular flexibility index (Phi) is 5.16. The van der Waals surface area contributed by atoms with Gasteiger partial charge in [0.25, 0.3) is 5.91 Å². The summed E-state index contributed by atoms with van der Waals surface area (Å²) in [6, 6.07) is 4.40. The molecule has 1 aromatic carbocycles. The predicted octanol–water partition coefficient (Wildman–Crippen LogP) is 2.38. The first-order valence-electron chi connectivity index (χ1n) is 9.12. The first-order chi connectivity index (χ1) is 12.1. The molecule has 7 heteroatoms. The Morgan fingerprint density at radius 3 is 2.31 bits per heavy atom. The van der Waals surface area contributed by atoms with Crippen molar-refractivity contribution in [3.8, 4) is 0 Å². The molecule has 2 aliphatic rings. The van der Waals surface area contributed by atoms with Crippen LogP contribution in [0.2, 0.25) is 0 Å². The molecule has 1 aromatic rings. The lowest BCUT2D eigenvalue weighted by atomic mass is 9.78. The summed E-state index contributed by atoms with van der Waals surface area (Å²) in [5.74, 6) is -0.532. The number of ether oxygens (including phenoxy) is 1. The van der Waals surface area contributed by atoms with E-state index in [2.05, 4.69) is 0 Å². The number of amides is 1. The zero-order valence-corrected chi connectivity index (χ0v) is 16.2. The molecule has 0 saturated carbocycles. The zero-order chi connectivity index (χ0) is 19.1. The van der Waals surface area contributed by atoms with Gasteiger partial charge in [-0.1, -0.05) is 0 Å². The molecule has 0 spiro atoms. The maximum Gasteiger partial charge on any atom is 0.497 e. The van der Waals surface area contributed by atoms with E-state index in [1.54, 1.807) is 18.1 Å². The largest absolute Gasteiger partial charge is 0.497 e. The molecule has 2 heterocycles. The smallest absolute Gasteiger partial charge is 0.399 e. The van der Waals surface area contributed by atoms with Crippen molar-refractivity contribution >= 4 is 18.5 Å². The summed E-state index contributed by atoms with van der Waals surface area (Å²) in [7, 11) is 0.867. The molecule has 5 nitrogen and oxygen atoms in total. The minimum atomic E-state index is -0.827. The summed E-state index contributed by atoms with van der Waals surface area (Å²) in [5.41, 5.74) is -0.411. The van der Waals surface area contributed by atoms with Crippen molar-refractivity contribution in [3.05, 3.63) is 29.6 Å². The van der Waals surface area contributed by atoms with Gasteiger partial charge < -0.3 is 18.9 Å². The molecular formula is C19H27BFNO4. The highest BCUT2D eigenvalue weighted by Crippen LogP contribution is 2.36. The van der Waals surface area contributed by atoms with Gasteiger partial charge in [0.2, 0.25) is 0 Å². The molecule has 0 atom stereocenters. The molecule has 0 aromatic heterocycles. The van der Waals surface area contributed by atoms with Crippen LogP contribution in [0.15, 0.2) is 18.2 Å². The van der Waals surface area contributed by atoms with E-state index in [1.165, 1.54) is 12.1 Å². The van der Waals surface area contributed by atoms with Crippen LogP contribution in [-0.2, 0) is 14.0 Å². The second kappa shape index (κ2) is 6.95. The Morgan fingerprint density at radius 1 is 1.19 bits per heavy atom. The number of carbonyl (C=O) groups excluding carboxylic acids is 1. The third-order valence-corrected chi connectivity index (χ3v) is 5.81. The van der Waals surface area contributed by atoms with Crippen molar-refractivity contribution < 1.29 is 23.2 Å². The van der Waals surface area contributed by atoms with Crippen LogP contribution < -0.4 is 5.46 Å². The van der Waals surface area contributed by atoms with E-state index < -0.39 is 24.1 Å². The molecule has 2 aliphatic heterocycles. The highest BCUT2D eigenvalue weighted by Gasteiger charge is 2.52. The highest BCUT2D eigenvalue weighted by molar-refractivity contribution is 6.62. The summed E-state index contributed by atoms with van der Waals surface area (Å²) in [4.78, 5) is 14.6. The average molecular weight is 363 g/mol. The number of halogens is 1. The number of rotatable bonds is 3. The minimum absolute atomic E-state index is 0.0997. The normalized spacial score (nSPS) is 22.7. The summed E-state index contributed by atoms with van der Waals surface area (Å²) >= 11 is 0. The van der Waals surface area contributed by atoms with Gasteiger partial charge in [0.05, 0.1) is 17.3 Å². The van der Waals surface area contributed by atoms with Crippen LogP contribution in [0.1, 0.15) is 50.9 Å². The average Bonchev–Trinajstić information content (AvgIpc) is 2.82. The highest BCUT2D eigenvalue weighted by atomic mass is 19.1.